The molecule has 1 aromatic rings. The Kier molecular flexibility index (Phi) is 5.52. The molecule has 120 valence electrons. The van der Waals surface area contributed by atoms with Gasteiger partial charge in [-0.3, -0.25) is 4.99 Å². The summed E-state index contributed by atoms with van der Waals surface area (Å²) >= 11 is 0. The highest BCUT2D eigenvalue weighted by Crippen LogP contribution is 2.43. The van der Waals surface area contributed by atoms with Crippen molar-refractivity contribution in [2.24, 2.45) is 4.99 Å². The molecule has 3 nitrogen and oxygen atoms in total. The fourth-order valence-electron chi connectivity index (χ4n) is 2.63. The molecular weight excluding hydrogens is 284 g/mol. The SMILES string of the molecule is C=CCCCN(C)C(=NC)NC1CC1c1c(F)cccc1F. The van der Waals surface area contributed by atoms with Gasteiger partial charge in [0, 0.05) is 38.2 Å². The minimum atomic E-state index is -0.469. The first kappa shape index (κ1) is 16.5. The lowest BCUT2D eigenvalue weighted by Crippen LogP contribution is -2.40. The van der Waals surface area contributed by atoms with Crippen molar-refractivity contribution in [3.05, 3.63) is 48.1 Å². The van der Waals surface area contributed by atoms with Crippen molar-refractivity contribution >= 4 is 5.96 Å². The molecule has 1 fully saturated rings. The van der Waals surface area contributed by atoms with Crippen molar-refractivity contribution in [1.82, 2.24) is 10.2 Å². The van der Waals surface area contributed by atoms with Gasteiger partial charge >= 0.3 is 0 Å². The van der Waals surface area contributed by atoms with Gasteiger partial charge in [-0.25, -0.2) is 8.78 Å². The van der Waals surface area contributed by atoms with Crippen molar-refractivity contribution in [3.63, 3.8) is 0 Å². The van der Waals surface area contributed by atoms with Crippen molar-refractivity contribution in [1.29, 1.82) is 0 Å². The van der Waals surface area contributed by atoms with Crippen LogP contribution in [0.15, 0.2) is 35.8 Å². The van der Waals surface area contributed by atoms with E-state index in [1.54, 1.807) is 7.05 Å². The van der Waals surface area contributed by atoms with Gasteiger partial charge in [0.15, 0.2) is 5.96 Å². The maximum absolute atomic E-state index is 13.8. The van der Waals surface area contributed by atoms with Crippen LogP contribution in [0.5, 0.6) is 0 Å². The van der Waals surface area contributed by atoms with Gasteiger partial charge in [0.1, 0.15) is 11.6 Å². The van der Waals surface area contributed by atoms with E-state index in [9.17, 15) is 8.78 Å². The number of unbranched alkanes of at least 4 members (excludes halogenated alkanes) is 1. The van der Waals surface area contributed by atoms with Crippen LogP contribution < -0.4 is 5.32 Å². The molecule has 0 spiro atoms. The van der Waals surface area contributed by atoms with E-state index in [-0.39, 0.29) is 17.5 Å². The van der Waals surface area contributed by atoms with Crippen molar-refractivity contribution in [2.45, 2.75) is 31.2 Å². The lowest BCUT2D eigenvalue weighted by molar-refractivity contribution is 0.468. The average Bonchev–Trinajstić information content (AvgIpc) is 3.23. The quantitative estimate of drug-likeness (QED) is 0.378. The number of allylic oxidation sites excluding steroid dienone is 1. The topological polar surface area (TPSA) is 27.6 Å². The van der Waals surface area contributed by atoms with Crippen LogP contribution in [0.25, 0.3) is 0 Å². The zero-order valence-corrected chi connectivity index (χ0v) is 13.1. The third-order valence-electron chi connectivity index (χ3n) is 3.95. The Balaban J connectivity index is 1.93. The van der Waals surface area contributed by atoms with Gasteiger partial charge in [0.2, 0.25) is 0 Å². The second-order valence-electron chi connectivity index (χ2n) is 5.63. The third kappa shape index (κ3) is 3.84. The highest BCUT2D eigenvalue weighted by Gasteiger charge is 2.42. The van der Waals surface area contributed by atoms with Gasteiger partial charge in [-0.05, 0) is 31.4 Å². The number of nitrogens with one attached hydrogen (secondary N) is 1. The molecule has 0 amide bonds. The monoisotopic (exact) mass is 307 g/mol. The molecule has 2 atom stereocenters. The number of guanidine groups is 1. The number of hydrogen-bond donors (Lipinski definition) is 1. The summed E-state index contributed by atoms with van der Waals surface area (Å²) in [7, 11) is 3.67. The molecule has 0 aliphatic heterocycles. The standard InChI is InChI=1S/C17H23F2N3/c1-4-5-6-10-22(3)17(20-2)21-15-11-12(15)16-13(18)8-7-9-14(16)19/h4,7-9,12,15H,1,5-6,10-11H2,2-3H3,(H,20,21). The lowest BCUT2D eigenvalue weighted by Gasteiger charge is -2.22. The Bertz CT molecular complexity index is 537. The molecule has 1 saturated carbocycles. The smallest absolute Gasteiger partial charge is 0.193 e. The summed E-state index contributed by atoms with van der Waals surface area (Å²) in [6.07, 6.45) is 4.56. The zero-order chi connectivity index (χ0) is 16.1. The molecule has 0 saturated heterocycles. The Morgan fingerprint density at radius 2 is 2.14 bits per heavy atom. The van der Waals surface area contributed by atoms with Crippen molar-refractivity contribution < 1.29 is 8.78 Å². The molecule has 1 aliphatic rings. The van der Waals surface area contributed by atoms with E-state index in [0.717, 1.165) is 31.8 Å². The Labute approximate surface area is 130 Å². The summed E-state index contributed by atoms with van der Waals surface area (Å²) in [6, 6.07) is 4.05. The van der Waals surface area contributed by atoms with Crippen LogP contribution in [0.1, 0.15) is 30.7 Å². The van der Waals surface area contributed by atoms with Gasteiger partial charge in [0.05, 0.1) is 0 Å². The normalized spacial score (nSPS) is 20.6. The second kappa shape index (κ2) is 7.38. The number of hydrogen-bond acceptors (Lipinski definition) is 1. The molecule has 0 heterocycles. The first-order valence-corrected chi connectivity index (χ1v) is 7.57. The second-order valence-corrected chi connectivity index (χ2v) is 5.63. The number of aliphatic imine (C=N–C) groups is 1. The average molecular weight is 307 g/mol. The van der Waals surface area contributed by atoms with Crippen LogP contribution in [0.3, 0.4) is 0 Å². The minimum Gasteiger partial charge on any atom is -0.353 e. The van der Waals surface area contributed by atoms with E-state index in [4.69, 9.17) is 0 Å². The van der Waals surface area contributed by atoms with E-state index < -0.39 is 11.6 Å². The highest BCUT2D eigenvalue weighted by molar-refractivity contribution is 5.80. The van der Waals surface area contributed by atoms with E-state index in [0.29, 0.717) is 0 Å². The number of benzene rings is 1. The maximum atomic E-state index is 13.8. The molecule has 2 unspecified atom stereocenters. The van der Waals surface area contributed by atoms with E-state index >= 15 is 0 Å². The molecule has 1 aromatic carbocycles. The number of halogens is 2. The first-order chi connectivity index (χ1) is 10.6. The molecule has 0 radical (unpaired) electrons. The first-order valence-electron chi connectivity index (χ1n) is 7.57. The summed E-state index contributed by atoms with van der Waals surface area (Å²) in [4.78, 5) is 6.26. The Hall–Kier alpha value is -1.91. The van der Waals surface area contributed by atoms with Crippen molar-refractivity contribution in [3.8, 4) is 0 Å². The van der Waals surface area contributed by atoms with Crippen LogP contribution in [-0.2, 0) is 0 Å². The van der Waals surface area contributed by atoms with Crippen LogP contribution >= 0.6 is 0 Å². The summed E-state index contributed by atoms with van der Waals surface area (Å²) in [5, 5.41) is 3.29. The molecule has 2 rings (SSSR count). The largest absolute Gasteiger partial charge is 0.353 e. The predicted molar refractivity (Wildman–Crippen MR) is 86.1 cm³/mol. The maximum Gasteiger partial charge on any atom is 0.193 e. The van der Waals surface area contributed by atoms with Gasteiger partial charge in [0.25, 0.3) is 0 Å². The fourth-order valence-corrected chi connectivity index (χ4v) is 2.63. The van der Waals surface area contributed by atoms with Crippen LogP contribution in [0.4, 0.5) is 8.78 Å². The summed E-state index contributed by atoms with van der Waals surface area (Å²) < 4.78 is 27.6. The molecule has 0 bridgehead atoms. The molecule has 22 heavy (non-hydrogen) atoms. The van der Waals surface area contributed by atoms with Crippen LogP contribution in [0, 0.1) is 11.6 Å². The summed E-state index contributed by atoms with van der Waals surface area (Å²) in [5.74, 6) is -0.305. The fraction of sp³-hybridized carbons (Fsp3) is 0.471. The van der Waals surface area contributed by atoms with Gasteiger partial charge < -0.3 is 10.2 Å². The summed E-state index contributed by atoms with van der Waals surface area (Å²) in [5.41, 5.74) is 0.185. The molecule has 0 aromatic heterocycles. The van der Waals surface area contributed by atoms with E-state index in [2.05, 4.69) is 16.9 Å². The van der Waals surface area contributed by atoms with Gasteiger partial charge in [-0.15, -0.1) is 6.58 Å². The third-order valence-corrected chi connectivity index (χ3v) is 3.95. The Morgan fingerprint density at radius 3 is 2.73 bits per heavy atom. The van der Waals surface area contributed by atoms with Gasteiger partial charge in [-0.1, -0.05) is 12.1 Å². The molecule has 5 heteroatoms. The van der Waals surface area contributed by atoms with Crippen molar-refractivity contribution in [2.75, 3.05) is 20.6 Å². The highest BCUT2D eigenvalue weighted by atomic mass is 19.1. The van der Waals surface area contributed by atoms with Crippen LogP contribution in [-0.4, -0.2) is 37.5 Å². The molecule has 1 N–H and O–H groups in total. The number of rotatable bonds is 6. The Morgan fingerprint density at radius 1 is 1.45 bits per heavy atom. The molecule has 1 aliphatic carbocycles. The van der Waals surface area contributed by atoms with E-state index in [1.165, 1.54) is 18.2 Å². The zero-order valence-electron chi connectivity index (χ0n) is 13.1. The minimum absolute atomic E-state index is 0.0342. The summed E-state index contributed by atoms with van der Waals surface area (Å²) in [6.45, 7) is 4.56. The lowest BCUT2D eigenvalue weighted by atomic mass is 10.1. The predicted octanol–water partition coefficient (Wildman–Crippen LogP) is 3.29. The van der Waals surface area contributed by atoms with Gasteiger partial charge in [-0.2, -0.15) is 0 Å². The molecular formula is C17H23F2N3. The van der Waals surface area contributed by atoms with Crippen LogP contribution in [0.2, 0.25) is 0 Å². The van der Waals surface area contributed by atoms with E-state index in [1.807, 2.05) is 18.0 Å². The number of nitrogens with zero attached hydrogens (tertiary/aromatic N) is 2.